The molecule has 100 valence electrons. The third-order valence-corrected chi connectivity index (χ3v) is 4.06. The first-order chi connectivity index (χ1) is 8.79. The smallest absolute Gasteiger partial charge is 0.225 e. The van der Waals surface area contributed by atoms with Gasteiger partial charge in [0, 0.05) is 16.1 Å². The minimum absolute atomic E-state index is 0.0920. The lowest BCUT2D eigenvalue weighted by atomic mass is 10.1. The van der Waals surface area contributed by atoms with Gasteiger partial charge in [0.05, 0.1) is 4.90 Å². The summed E-state index contributed by atoms with van der Waals surface area (Å²) in [6, 6.07) is 7.10. The second-order valence-electron chi connectivity index (χ2n) is 3.81. The molecule has 0 bridgehead atoms. The van der Waals surface area contributed by atoms with Crippen molar-refractivity contribution in [3.05, 3.63) is 52.5 Å². The first-order valence-electron chi connectivity index (χ1n) is 5.07. The molecule has 2 N–H and O–H groups in total. The maximum absolute atomic E-state index is 13.6. The summed E-state index contributed by atoms with van der Waals surface area (Å²) in [4.78, 5) is -0.0920. The molecule has 3 nitrogen and oxygen atoms in total. The molecule has 2 rings (SSSR count). The third kappa shape index (κ3) is 2.99. The second-order valence-corrected chi connectivity index (χ2v) is 6.23. The van der Waals surface area contributed by atoms with Crippen LogP contribution in [0.5, 0.6) is 0 Å². The van der Waals surface area contributed by atoms with E-state index in [0.717, 1.165) is 12.1 Å². The highest BCUT2D eigenvalue weighted by molar-refractivity contribution is 9.10. The zero-order valence-electron chi connectivity index (χ0n) is 9.40. The molecule has 0 amide bonds. The lowest BCUT2D eigenvalue weighted by Crippen LogP contribution is -2.12. The molecule has 2 aromatic rings. The molecule has 0 fully saturated rings. The summed E-state index contributed by atoms with van der Waals surface area (Å²) in [5.41, 5.74) is 0.569. The molecule has 0 unspecified atom stereocenters. The van der Waals surface area contributed by atoms with Crippen LogP contribution in [-0.4, -0.2) is 8.42 Å². The molecule has 0 radical (unpaired) electrons. The van der Waals surface area contributed by atoms with Crippen molar-refractivity contribution in [2.45, 2.75) is 4.90 Å². The lowest BCUT2D eigenvalue weighted by Gasteiger charge is -2.08. The summed E-state index contributed by atoms with van der Waals surface area (Å²) in [7, 11) is -3.82. The predicted molar refractivity (Wildman–Crippen MR) is 70.9 cm³/mol. The van der Waals surface area contributed by atoms with Crippen LogP contribution >= 0.6 is 15.9 Å². The fourth-order valence-electron chi connectivity index (χ4n) is 1.60. The maximum Gasteiger partial charge on any atom is 0.238 e. The first-order valence-corrected chi connectivity index (χ1v) is 7.41. The van der Waals surface area contributed by atoms with Gasteiger partial charge < -0.3 is 0 Å². The molecular formula is C12H8BrF2NO2S. The van der Waals surface area contributed by atoms with Crippen LogP contribution in [0.1, 0.15) is 0 Å². The van der Waals surface area contributed by atoms with Gasteiger partial charge in [-0.2, -0.15) is 0 Å². The van der Waals surface area contributed by atoms with Crippen LogP contribution in [0.4, 0.5) is 8.78 Å². The maximum atomic E-state index is 13.6. The van der Waals surface area contributed by atoms with Gasteiger partial charge in [0.1, 0.15) is 11.6 Å². The monoisotopic (exact) mass is 347 g/mol. The summed E-state index contributed by atoms with van der Waals surface area (Å²) in [5, 5.41) is 4.99. The Balaban J connectivity index is 2.59. The van der Waals surface area contributed by atoms with E-state index in [-0.39, 0.29) is 10.5 Å². The molecule has 0 heterocycles. The van der Waals surface area contributed by atoms with E-state index in [1.165, 1.54) is 24.3 Å². The average molecular weight is 348 g/mol. The van der Waals surface area contributed by atoms with Crippen molar-refractivity contribution in [1.29, 1.82) is 0 Å². The first kappa shape index (κ1) is 14.1. The van der Waals surface area contributed by atoms with Gasteiger partial charge in [-0.05, 0) is 29.8 Å². The molecule has 0 spiro atoms. The van der Waals surface area contributed by atoms with Crippen molar-refractivity contribution in [2.75, 3.05) is 0 Å². The van der Waals surface area contributed by atoms with Crippen molar-refractivity contribution in [1.82, 2.24) is 0 Å². The lowest BCUT2D eigenvalue weighted by molar-refractivity contribution is 0.585. The number of rotatable bonds is 2. The average Bonchev–Trinajstić information content (AvgIpc) is 2.28. The van der Waals surface area contributed by atoms with Crippen molar-refractivity contribution in [3.63, 3.8) is 0 Å². The molecule has 0 aromatic heterocycles. The molecular weight excluding hydrogens is 340 g/mol. The number of halogens is 3. The largest absolute Gasteiger partial charge is 0.238 e. The molecule has 7 heteroatoms. The van der Waals surface area contributed by atoms with E-state index in [9.17, 15) is 17.2 Å². The molecule has 0 aliphatic rings. The predicted octanol–water partition coefficient (Wildman–Crippen LogP) is 3.04. The van der Waals surface area contributed by atoms with Crippen molar-refractivity contribution >= 4 is 26.0 Å². The van der Waals surface area contributed by atoms with Gasteiger partial charge in [-0.15, -0.1) is 0 Å². The van der Waals surface area contributed by atoms with E-state index in [2.05, 4.69) is 15.9 Å². The van der Waals surface area contributed by atoms with Crippen molar-refractivity contribution in [2.24, 2.45) is 5.14 Å². The summed E-state index contributed by atoms with van der Waals surface area (Å²) in [6.07, 6.45) is 0. The minimum Gasteiger partial charge on any atom is -0.225 e. The number of hydrogen-bond acceptors (Lipinski definition) is 2. The summed E-state index contributed by atoms with van der Waals surface area (Å²) in [6.45, 7) is 0. The zero-order chi connectivity index (χ0) is 14.2. The molecule has 0 aliphatic carbocycles. The Bertz CT molecular complexity index is 747. The number of benzene rings is 2. The van der Waals surface area contributed by atoms with E-state index >= 15 is 0 Å². The van der Waals surface area contributed by atoms with E-state index in [0.29, 0.717) is 10.0 Å². The number of sulfonamides is 1. The Morgan fingerprint density at radius 1 is 1.00 bits per heavy atom. The normalized spacial score (nSPS) is 11.6. The van der Waals surface area contributed by atoms with Gasteiger partial charge >= 0.3 is 0 Å². The Morgan fingerprint density at radius 2 is 1.63 bits per heavy atom. The zero-order valence-corrected chi connectivity index (χ0v) is 11.8. The van der Waals surface area contributed by atoms with Crippen LogP contribution in [0.3, 0.4) is 0 Å². The highest BCUT2D eigenvalue weighted by atomic mass is 79.9. The number of hydrogen-bond donors (Lipinski definition) is 1. The van der Waals surface area contributed by atoms with Gasteiger partial charge in [0.2, 0.25) is 10.0 Å². The Morgan fingerprint density at radius 3 is 2.16 bits per heavy atom. The van der Waals surface area contributed by atoms with Gasteiger partial charge in [0.15, 0.2) is 0 Å². The minimum atomic E-state index is -3.82. The topological polar surface area (TPSA) is 60.2 Å². The van der Waals surface area contributed by atoms with E-state index in [4.69, 9.17) is 5.14 Å². The van der Waals surface area contributed by atoms with Gasteiger partial charge in [-0.25, -0.2) is 22.3 Å². The molecule has 2 aromatic carbocycles. The fourth-order valence-corrected chi connectivity index (χ4v) is 2.88. The molecule has 19 heavy (non-hydrogen) atoms. The fraction of sp³-hybridized carbons (Fsp3) is 0. The number of nitrogens with two attached hydrogens (primary N) is 1. The standard InChI is InChI=1S/C12H8BrF2NO2S/c13-11-6-8(19(16,17)18)2-4-9(11)10-3-1-7(14)5-12(10)15/h1-6H,(H2,16,17,18). The van der Waals surface area contributed by atoms with Crippen LogP contribution in [0.25, 0.3) is 11.1 Å². The van der Waals surface area contributed by atoms with Crippen LogP contribution in [-0.2, 0) is 10.0 Å². The molecule has 0 atom stereocenters. The quantitative estimate of drug-likeness (QED) is 0.907. The van der Waals surface area contributed by atoms with Crippen LogP contribution in [0.2, 0.25) is 0 Å². The Hall–Kier alpha value is -1.31. The van der Waals surface area contributed by atoms with Crippen LogP contribution in [0.15, 0.2) is 45.8 Å². The van der Waals surface area contributed by atoms with E-state index in [1.807, 2.05) is 0 Å². The second kappa shape index (κ2) is 4.99. The number of primary sulfonamides is 1. The summed E-state index contributed by atoms with van der Waals surface area (Å²) >= 11 is 3.15. The van der Waals surface area contributed by atoms with Gasteiger partial charge in [-0.3, -0.25) is 0 Å². The molecule has 0 aliphatic heterocycles. The summed E-state index contributed by atoms with van der Waals surface area (Å²) in [5.74, 6) is -1.41. The Kier molecular flexibility index (Phi) is 3.71. The van der Waals surface area contributed by atoms with E-state index < -0.39 is 21.7 Å². The van der Waals surface area contributed by atoms with Gasteiger partial charge in [0.25, 0.3) is 0 Å². The third-order valence-electron chi connectivity index (χ3n) is 2.49. The SMILES string of the molecule is NS(=O)(=O)c1ccc(-c2ccc(F)cc2F)c(Br)c1. The van der Waals surface area contributed by atoms with Crippen LogP contribution in [0, 0.1) is 11.6 Å². The highest BCUT2D eigenvalue weighted by Gasteiger charge is 2.14. The van der Waals surface area contributed by atoms with Crippen molar-refractivity contribution in [3.8, 4) is 11.1 Å². The highest BCUT2D eigenvalue weighted by Crippen LogP contribution is 2.32. The Labute approximate surface area is 117 Å². The van der Waals surface area contributed by atoms with Crippen LogP contribution < -0.4 is 5.14 Å². The molecule has 0 saturated heterocycles. The van der Waals surface area contributed by atoms with Gasteiger partial charge in [-0.1, -0.05) is 22.0 Å². The summed E-state index contributed by atoms with van der Waals surface area (Å²) < 4.78 is 49.2. The van der Waals surface area contributed by atoms with E-state index in [1.54, 1.807) is 0 Å². The van der Waals surface area contributed by atoms with Crippen molar-refractivity contribution < 1.29 is 17.2 Å². The molecule has 0 saturated carbocycles.